The van der Waals surface area contributed by atoms with Crippen LogP contribution >= 0.6 is 11.6 Å². The molecule has 0 heterocycles. The van der Waals surface area contributed by atoms with Gasteiger partial charge in [0.25, 0.3) is 11.6 Å². The van der Waals surface area contributed by atoms with E-state index in [0.29, 0.717) is 16.3 Å². The summed E-state index contributed by atoms with van der Waals surface area (Å²) in [6.07, 6.45) is 0. The van der Waals surface area contributed by atoms with Gasteiger partial charge in [-0.3, -0.25) is 14.9 Å². The maximum atomic E-state index is 12.9. The highest BCUT2D eigenvalue weighted by molar-refractivity contribution is 7.89. The molecule has 0 spiro atoms. The molecular weight excluding hydrogens is 470 g/mol. The molecule has 11 heteroatoms. The average Bonchev–Trinajstić information content (AvgIpc) is 2.79. The Morgan fingerprint density at radius 2 is 1.82 bits per heavy atom. The molecule has 3 aromatic carbocycles. The number of non-ortho nitro benzene ring substituents is 1. The first-order chi connectivity index (χ1) is 15.6. The Balaban J connectivity index is 1.84. The molecule has 1 N–H and O–H groups in total. The number of nitro groups is 1. The van der Waals surface area contributed by atoms with Crippen molar-refractivity contribution in [2.24, 2.45) is 0 Å². The van der Waals surface area contributed by atoms with Crippen molar-refractivity contribution >= 4 is 38.9 Å². The van der Waals surface area contributed by atoms with Gasteiger partial charge in [0, 0.05) is 47.6 Å². The van der Waals surface area contributed by atoms with Gasteiger partial charge in [-0.1, -0.05) is 17.7 Å². The van der Waals surface area contributed by atoms with Crippen molar-refractivity contribution < 1.29 is 22.9 Å². The number of methoxy groups -OCH3 is 1. The Morgan fingerprint density at radius 1 is 1.12 bits per heavy atom. The normalized spacial score (nSPS) is 11.3. The second-order valence-corrected chi connectivity index (χ2v) is 9.48. The Bertz CT molecular complexity index is 1300. The highest BCUT2D eigenvalue weighted by Crippen LogP contribution is 2.26. The van der Waals surface area contributed by atoms with E-state index in [1.807, 2.05) is 0 Å². The fraction of sp³-hybridized carbons (Fsp3) is 0.136. The molecule has 0 bridgehead atoms. The molecule has 0 saturated heterocycles. The van der Waals surface area contributed by atoms with E-state index in [1.165, 1.54) is 74.8 Å². The molecule has 172 valence electrons. The first-order valence-electron chi connectivity index (χ1n) is 9.56. The number of rotatable bonds is 8. The van der Waals surface area contributed by atoms with Crippen molar-refractivity contribution in [1.82, 2.24) is 4.31 Å². The van der Waals surface area contributed by atoms with E-state index in [4.69, 9.17) is 16.3 Å². The van der Waals surface area contributed by atoms with Gasteiger partial charge in [0.05, 0.1) is 16.9 Å². The van der Waals surface area contributed by atoms with Crippen LogP contribution in [0.25, 0.3) is 0 Å². The lowest BCUT2D eigenvalue weighted by atomic mass is 10.1. The maximum Gasteiger partial charge on any atom is 0.271 e. The largest absolute Gasteiger partial charge is 0.496 e. The topological polar surface area (TPSA) is 119 Å². The predicted octanol–water partition coefficient (Wildman–Crippen LogP) is 4.33. The zero-order valence-electron chi connectivity index (χ0n) is 17.7. The van der Waals surface area contributed by atoms with Crippen LogP contribution in [0.4, 0.5) is 11.4 Å². The number of hydrogen-bond donors (Lipinski definition) is 1. The first-order valence-corrected chi connectivity index (χ1v) is 11.4. The molecule has 0 aliphatic rings. The number of nitrogens with zero attached hydrogens (tertiary/aromatic N) is 2. The molecule has 0 aliphatic carbocycles. The van der Waals surface area contributed by atoms with Crippen LogP contribution < -0.4 is 10.1 Å². The number of carbonyl (C=O) groups is 1. The van der Waals surface area contributed by atoms with Crippen LogP contribution in [0.2, 0.25) is 5.02 Å². The maximum absolute atomic E-state index is 12.9. The third-order valence-corrected chi connectivity index (χ3v) is 6.84. The summed E-state index contributed by atoms with van der Waals surface area (Å²) in [5, 5.41) is 14.0. The summed E-state index contributed by atoms with van der Waals surface area (Å²) >= 11 is 5.84. The SMILES string of the molecule is COc1ccc(C(=O)Nc2cccc([N+](=O)[O-])c2)cc1CN(C)S(=O)(=O)c1ccc(Cl)cc1. The zero-order valence-corrected chi connectivity index (χ0v) is 19.3. The molecule has 0 aliphatic heterocycles. The number of nitro benzene ring substituents is 1. The van der Waals surface area contributed by atoms with E-state index in [-0.39, 0.29) is 28.4 Å². The van der Waals surface area contributed by atoms with Gasteiger partial charge in [-0.15, -0.1) is 0 Å². The number of hydrogen-bond acceptors (Lipinski definition) is 6. The van der Waals surface area contributed by atoms with Crippen LogP contribution in [0.15, 0.2) is 71.6 Å². The number of nitrogens with one attached hydrogen (secondary N) is 1. The van der Waals surface area contributed by atoms with Gasteiger partial charge in [0.1, 0.15) is 5.75 Å². The van der Waals surface area contributed by atoms with Gasteiger partial charge in [-0.2, -0.15) is 4.31 Å². The third-order valence-electron chi connectivity index (χ3n) is 4.77. The lowest BCUT2D eigenvalue weighted by Crippen LogP contribution is -2.27. The number of sulfonamides is 1. The molecular formula is C22H20ClN3O6S. The van der Waals surface area contributed by atoms with Crippen molar-refractivity contribution in [1.29, 1.82) is 0 Å². The van der Waals surface area contributed by atoms with Crippen LogP contribution in [0, 0.1) is 10.1 Å². The molecule has 3 rings (SSSR count). The fourth-order valence-electron chi connectivity index (χ4n) is 3.06. The minimum Gasteiger partial charge on any atom is -0.496 e. The lowest BCUT2D eigenvalue weighted by molar-refractivity contribution is -0.384. The van der Waals surface area contributed by atoms with Crippen LogP contribution in [0.5, 0.6) is 5.75 Å². The molecule has 0 fully saturated rings. The van der Waals surface area contributed by atoms with E-state index in [2.05, 4.69) is 5.32 Å². The fourth-order valence-corrected chi connectivity index (χ4v) is 4.33. The average molecular weight is 490 g/mol. The van der Waals surface area contributed by atoms with Crippen molar-refractivity contribution in [3.63, 3.8) is 0 Å². The molecule has 0 saturated carbocycles. The van der Waals surface area contributed by atoms with E-state index < -0.39 is 20.9 Å². The Labute approximate surface area is 195 Å². The van der Waals surface area contributed by atoms with Gasteiger partial charge in [0.15, 0.2) is 0 Å². The Hall–Kier alpha value is -3.47. The number of carbonyl (C=O) groups excluding carboxylic acids is 1. The van der Waals surface area contributed by atoms with Crippen LogP contribution in [0.1, 0.15) is 15.9 Å². The van der Waals surface area contributed by atoms with E-state index in [1.54, 1.807) is 6.07 Å². The minimum atomic E-state index is -3.82. The highest BCUT2D eigenvalue weighted by Gasteiger charge is 2.23. The van der Waals surface area contributed by atoms with Crippen molar-refractivity contribution in [3.05, 3.63) is 93.0 Å². The summed E-state index contributed by atoms with van der Waals surface area (Å²) in [4.78, 5) is 23.2. The van der Waals surface area contributed by atoms with E-state index >= 15 is 0 Å². The molecule has 33 heavy (non-hydrogen) atoms. The number of amides is 1. The van der Waals surface area contributed by atoms with Crippen LogP contribution in [-0.4, -0.2) is 37.7 Å². The standard InChI is InChI=1S/C22H20ClN3O6S/c1-25(33(30,31)20-9-7-17(23)8-10-20)14-16-12-15(6-11-21(16)32-2)22(27)24-18-4-3-5-19(13-18)26(28)29/h3-13H,14H2,1-2H3,(H,24,27). The third kappa shape index (κ3) is 5.67. The van der Waals surface area contributed by atoms with Gasteiger partial charge in [-0.05, 0) is 48.5 Å². The Morgan fingerprint density at radius 3 is 2.45 bits per heavy atom. The monoisotopic (exact) mass is 489 g/mol. The molecule has 1 amide bonds. The summed E-state index contributed by atoms with van der Waals surface area (Å²) in [5.41, 5.74) is 0.796. The summed E-state index contributed by atoms with van der Waals surface area (Å²) in [6.45, 7) is -0.0634. The summed E-state index contributed by atoms with van der Waals surface area (Å²) in [7, 11) is -0.963. The van der Waals surface area contributed by atoms with Gasteiger partial charge < -0.3 is 10.1 Å². The van der Waals surface area contributed by atoms with Gasteiger partial charge in [0.2, 0.25) is 10.0 Å². The van der Waals surface area contributed by atoms with Crippen molar-refractivity contribution in [2.75, 3.05) is 19.5 Å². The summed E-state index contributed by atoms with van der Waals surface area (Å²) in [6, 6.07) is 15.9. The molecule has 0 unspecified atom stereocenters. The van der Waals surface area contributed by atoms with Crippen molar-refractivity contribution in [3.8, 4) is 5.75 Å². The second-order valence-electron chi connectivity index (χ2n) is 7.00. The quantitative estimate of drug-likeness (QED) is 0.371. The number of halogens is 1. The molecule has 0 atom stereocenters. The first kappa shape index (κ1) is 24.2. The van der Waals surface area contributed by atoms with Gasteiger partial charge in [-0.25, -0.2) is 8.42 Å². The summed E-state index contributed by atoms with van der Waals surface area (Å²) in [5.74, 6) is -0.109. The second kappa shape index (κ2) is 9.99. The highest BCUT2D eigenvalue weighted by atomic mass is 35.5. The van der Waals surface area contributed by atoms with Crippen molar-refractivity contribution in [2.45, 2.75) is 11.4 Å². The predicted molar refractivity (Wildman–Crippen MR) is 124 cm³/mol. The number of ether oxygens (including phenoxy) is 1. The Kier molecular flexibility index (Phi) is 7.32. The molecule has 3 aromatic rings. The number of anilines is 1. The van der Waals surface area contributed by atoms with Crippen LogP contribution in [-0.2, 0) is 16.6 Å². The van der Waals surface area contributed by atoms with E-state index in [9.17, 15) is 23.3 Å². The van der Waals surface area contributed by atoms with Gasteiger partial charge >= 0.3 is 0 Å². The zero-order chi connectivity index (χ0) is 24.2. The molecule has 0 aromatic heterocycles. The molecule has 0 radical (unpaired) electrons. The lowest BCUT2D eigenvalue weighted by Gasteiger charge is -2.19. The minimum absolute atomic E-state index is 0.0634. The van der Waals surface area contributed by atoms with Crippen LogP contribution in [0.3, 0.4) is 0 Å². The smallest absolute Gasteiger partial charge is 0.271 e. The summed E-state index contributed by atoms with van der Waals surface area (Å²) < 4.78 is 32.3. The number of benzene rings is 3. The van der Waals surface area contributed by atoms with E-state index in [0.717, 1.165) is 4.31 Å². The molecule has 9 nitrogen and oxygen atoms in total.